The standard InChI is InChI=1S/C11H23NO/c1-8(2)11(10-4-5-10)12-9(3)6-7-13/h8-13H,4-7H2,1-3H3/t9-,11?/m1/s1. The molecule has 2 N–H and O–H groups in total. The summed E-state index contributed by atoms with van der Waals surface area (Å²) in [5, 5.41) is 12.4. The van der Waals surface area contributed by atoms with Gasteiger partial charge in [-0.15, -0.1) is 0 Å². The Morgan fingerprint density at radius 1 is 1.31 bits per heavy atom. The molecule has 1 aliphatic rings. The van der Waals surface area contributed by atoms with E-state index in [2.05, 4.69) is 26.1 Å². The van der Waals surface area contributed by atoms with Crippen LogP contribution in [0.15, 0.2) is 0 Å². The maximum atomic E-state index is 8.80. The summed E-state index contributed by atoms with van der Waals surface area (Å²) >= 11 is 0. The minimum atomic E-state index is 0.295. The first-order valence-electron chi connectivity index (χ1n) is 5.52. The minimum absolute atomic E-state index is 0.295. The van der Waals surface area contributed by atoms with Gasteiger partial charge in [-0.25, -0.2) is 0 Å². The zero-order valence-electron chi connectivity index (χ0n) is 9.09. The van der Waals surface area contributed by atoms with Crippen molar-refractivity contribution >= 4 is 0 Å². The molecular weight excluding hydrogens is 162 g/mol. The van der Waals surface area contributed by atoms with E-state index in [0.717, 1.165) is 12.3 Å². The molecule has 2 nitrogen and oxygen atoms in total. The van der Waals surface area contributed by atoms with Crippen LogP contribution in [0.4, 0.5) is 0 Å². The normalized spacial score (nSPS) is 21.9. The van der Waals surface area contributed by atoms with Crippen LogP contribution in [0.3, 0.4) is 0 Å². The van der Waals surface area contributed by atoms with Crippen LogP contribution >= 0.6 is 0 Å². The van der Waals surface area contributed by atoms with Crippen molar-refractivity contribution in [2.75, 3.05) is 6.61 Å². The highest BCUT2D eigenvalue weighted by molar-refractivity contribution is 4.89. The van der Waals surface area contributed by atoms with Gasteiger partial charge in [-0.1, -0.05) is 13.8 Å². The van der Waals surface area contributed by atoms with E-state index < -0.39 is 0 Å². The second-order valence-corrected chi connectivity index (χ2v) is 4.69. The molecule has 1 aliphatic carbocycles. The van der Waals surface area contributed by atoms with Crippen LogP contribution in [-0.2, 0) is 0 Å². The fourth-order valence-electron chi connectivity index (χ4n) is 1.93. The molecule has 1 fully saturated rings. The molecule has 0 aliphatic heterocycles. The lowest BCUT2D eigenvalue weighted by Crippen LogP contribution is -2.41. The van der Waals surface area contributed by atoms with Crippen molar-refractivity contribution in [2.24, 2.45) is 11.8 Å². The van der Waals surface area contributed by atoms with E-state index in [1.54, 1.807) is 0 Å². The van der Waals surface area contributed by atoms with Gasteiger partial charge in [0.1, 0.15) is 0 Å². The second kappa shape index (κ2) is 4.97. The van der Waals surface area contributed by atoms with Gasteiger partial charge in [-0.3, -0.25) is 0 Å². The fourth-order valence-corrected chi connectivity index (χ4v) is 1.93. The van der Waals surface area contributed by atoms with Crippen molar-refractivity contribution < 1.29 is 5.11 Å². The predicted octanol–water partition coefficient (Wildman–Crippen LogP) is 1.78. The Kier molecular flexibility index (Phi) is 4.20. The molecule has 0 aromatic rings. The average molecular weight is 185 g/mol. The smallest absolute Gasteiger partial charge is 0.0445 e. The zero-order chi connectivity index (χ0) is 9.84. The van der Waals surface area contributed by atoms with Crippen LogP contribution in [0, 0.1) is 11.8 Å². The number of nitrogens with one attached hydrogen (secondary N) is 1. The molecule has 1 rings (SSSR count). The molecule has 0 aromatic heterocycles. The first-order valence-corrected chi connectivity index (χ1v) is 5.52. The van der Waals surface area contributed by atoms with Gasteiger partial charge in [-0.2, -0.15) is 0 Å². The summed E-state index contributed by atoms with van der Waals surface area (Å²) in [4.78, 5) is 0. The van der Waals surface area contributed by atoms with Crippen LogP contribution < -0.4 is 5.32 Å². The topological polar surface area (TPSA) is 32.3 Å². The Morgan fingerprint density at radius 3 is 2.31 bits per heavy atom. The average Bonchev–Trinajstić information content (AvgIpc) is 2.82. The van der Waals surface area contributed by atoms with Crippen LogP contribution in [0.2, 0.25) is 0 Å². The highest BCUT2D eigenvalue weighted by Gasteiger charge is 2.33. The Balaban J connectivity index is 2.28. The molecule has 0 saturated heterocycles. The number of aliphatic hydroxyl groups is 1. The molecule has 78 valence electrons. The number of hydrogen-bond acceptors (Lipinski definition) is 2. The molecule has 0 spiro atoms. The fraction of sp³-hybridized carbons (Fsp3) is 1.00. The summed E-state index contributed by atoms with van der Waals surface area (Å²) in [6.45, 7) is 7.01. The van der Waals surface area contributed by atoms with Gasteiger partial charge >= 0.3 is 0 Å². The third kappa shape index (κ3) is 3.65. The lowest BCUT2D eigenvalue weighted by molar-refractivity contribution is 0.248. The van der Waals surface area contributed by atoms with Gasteiger partial charge in [0.15, 0.2) is 0 Å². The zero-order valence-corrected chi connectivity index (χ0v) is 9.09. The van der Waals surface area contributed by atoms with Crippen LogP contribution in [-0.4, -0.2) is 23.8 Å². The lowest BCUT2D eigenvalue weighted by Gasteiger charge is -2.26. The summed E-state index contributed by atoms with van der Waals surface area (Å²) in [5.74, 6) is 1.62. The molecule has 0 radical (unpaired) electrons. The molecule has 0 aromatic carbocycles. The molecule has 13 heavy (non-hydrogen) atoms. The molecule has 0 heterocycles. The van der Waals surface area contributed by atoms with E-state index in [1.807, 2.05) is 0 Å². The first kappa shape index (κ1) is 11.0. The van der Waals surface area contributed by atoms with Crippen LogP contribution in [0.25, 0.3) is 0 Å². The molecule has 2 atom stereocenters. The predicted molar refractivity (Wildman–Crippen MR) is 55.7 cm³/mol. The van der Waals surface area contributed by atoms with E-state index in [9.17, 15) is 0 Å². The molecular formula is C11H23NO. The highest BCUT2D eigenvalue weighted by atomic mass is 16.3. The molecule has 1 unspecified atom stereocenters. The lowest BCUT2D eigenvalue weighted by atomic mass is 9.98. The minimum Gasteiger partial charge on any atom is -0.396 e. The van der Waals surface area contributed by atoms with Gasteiger partial charge in [0.2, 0.25) is 0 Å². The Morgan fingerprint density at radius 2 is 1.92 bits per heavy atom. The van der Waals surface area contributed by atoms with Crippen molar-refractivity contribution in [3.05, 3.63) is 0 Å². The van der Waals surface area contributed by atoms with E-state index in [4.69, 9.17) is 5.11 Å². The maximum Gasteiger partial charge on any atom is 0.0445 e. The number of aliphatic hydroxyl groups excluding tert-OH is 1. The van der Waals surface area contributed by atoms with Crippen LogP contribution in [0.1, 0.15) is 40.0 Å². The van der Waals surface area contributed by atoms with E-state index in [1.165, 1.54) is 12.8 Å². The largest absolute Gasteiger partial charge is 0.396 e. The van der Waals surface area contributed by atoms with Gasteiger partial charge in [0, 0.05) is 18.7 Å². The number of rotatable bonds is 6. The summed E-state index contributed by atoms with van der Waals surface area (Å²) in [6, 6.07) is 1.12. The molecule has 1 saturated carbocycles. The van der Waals surface area contributed by atoms with Crippen molar-refractivity contribution in [3.8, 4) is 0 Å². The summed E-state index contributed by atoms with van der Waals surface area (Å²) in [6.07, 6.45) is 3.65. The monoisotopic (exact) mass is 185 g/mol. The summed E-state index contributed by atoms with van der Waals surface area (Å²) in [7, 11) is 0. The summed E-state index contributed by atoms with van der Waals surface area (Å²) < 4.78 is 0. The first-order chi connectivity index (χ1) is 6.15. The Hall–Kier alpha value is -0.0800. The molecule has 2 heteroatoms. The Labute approximate surface area is 81.7 Å². The quantitative estimate of drug-likeness (QED) is 0.661. The number of hydrogen-bond donors (Lipinski definition) is 2. The van der Waals surface area contributed by atoms with Gasteiger partial charge < -0.3 is 10.4 Å². The van der Waals surface area contributed by atoms with Crippen molar-refractivity contribution in [1.29, 1.82) is 0 Å². The highest BCUT2D eigenvalue weighted by Crippen LogP contribution is 2.35. The van der Waals surface area contributed by atoms with E-state index in [-0.39, 0.29) is 0 Å². The van der Waals surface area contributed by atoms with Gasteiger partial charge in [0.05, 0.1) is 0 Å². The molecule has 0 bridgehead atoms. The van der Waals surface area contributed by atoms with Crippen LogP contribution in [0.5, 0.6) is 0 Å². The second-order valence-electron chi connectivity index (χ2n) is 4.69. The maximum absolute atomic E-state index is 8.80. The molecule has 0 amide bonds. The van der Waals surface area contributed by atoms with E-state index in [0.29, 0.717) is 24.6 Å². The SMILES string of the molecule is CC(C)C(N[C@H](C)CCO)C1CC1. The summed E-state index contributed by atoms with van der Waals surface area (Å²) in [5.41, 5.74) is 0. The van der Waals surface area contributed by atoms with Crippen molar-refractivity contribution in [3.63, 3.8) is 0 Å². The third-order valence-corrected chi connectivity index (χ3v) is 2.89. The van der Waals surface area contributed by atoms with Crippen molar-refractivity contribution in [2.45, 2.75) is 52.1 Å². The van der Waals surface area contributed by atoms with Gasteiger partial charge in [-0.05, 0) is 38.0 Å². The van der Waals surface area contributed by atoms with Gasteiger partial charge in [0.25, 0.3) is 0 Å². The Bertz CT molecular complexity index is 141. The van der Waals surface area contributed by atoms with E-state index >= 15 is 0 Å². The third-order valence-electron chi connectivity index (χ3n) is 2.89. The van der Waals surface area contributed by atoms with Crippen molar-refractivity contribution in [1.82, 2.24) is 5.32 Å².